The van der Waals surface area contributed by atoms with Gasteiger partial charge in [-0.3, -0.25) is 4.99 Å². The summed E-state index contributed by atoms with van der Waals surface area (Å²) in [4.78, 5) is 6.16. The minimum absolute atomic E-state index is 0.829. The molecule has 2 N–H and O–H groups in total. The topological polar surface area (TPSA) is 39.7 Å². The van der Waals surface area contributed by atoms with Crippen molar-refractivity contribution >= 4 is 11.6 Å². The quantitative estimate of drug-likeness (QED) is 0.605. The van der Waals surface area contributed by atoms with Gasteiger partial charge in [-0.25, -0.2) is 0 Å². The minimum atomic E-state index is 0.829. The van der Waals surface area contributed by atoms with Crippen LogP contribution in [0.5, 0.6) is 0 Å². The van der Waals surface area contributed by atoms with E-state index in [4.69, 9.17) is 0 Å². The van der Waals surface area contributed by atoms with Crippen molar-refractivity contribution in [2.45, 2.75) is 6.42 Å². The molecular formula is C13H22N4. The predicted octanol–water partition coefficient (Wildman–Crippen LogP) is 1.09. The summed E-state index contributed by atoms with van der Waals surface area (Å²) in [6.07, 6.45) is 0.994. The first-order valence-electron chi connectivity index (χ1n) is 5.82. The van der Waals surface area contributed by atoms with E-state index in [1.165, 1.54) is 11.3 Å². The maximum Gasteiger partial charge on any atom is 0.190 e. The number of aliphatic imine (C=N–C) groups is 1. The lowest BCUT2D eigenvalue weighted by atomic mass is 10.1. The molecule has 17 heavy (non-hydrogen) atoms. The van der Waals surface area contributed by atoms with E-state index in [9.17, 15) is 0 Å². The smallest absolute Gasteiger partial charge is 0.190 e. The van der Waals surface area contributed by atoms with E-state index in [1.54, 1.807) is 7.05 Å². The van der Waals surface area contributed by atoms with Crippen molar-refractivity contribution in [1.29, 1.82) is 0 Å². The molecule has 0 aliphatic rings. The Hall–Kier alpha value is -1.71. The molecule has 0 bridgehead atoms. The van der Waals surface area contributed by atoms with E-state index in [0.29, 0.717) is 0 Å². The van der Waals surface area contributed by atoms with E-state index in [2.05, 4.69) is 44.8 Å². The zero-order valence-electron chi connectivity index (χ0n) is 11.1. The Morgan fingerprint density at radius 3 is 2.35 bits per heavy atom. The van der Waals surface area contributed by atoms with Crippen LogP contribution in [0.3, 0.4) is 0 Å². The van der Waals surface area contributed by atoms with E-state index < -0.39 is 0 Å². The number of nitrogens with one attached hydrogen (secondary N) is 2. The zero-order valence-corrected chi connectivity index (χ0v) is 11.1. The van der Waals surface area contributed by atoms with Gasteiger partial charge in [0.1, 0.15) is 0 Å². The summed E-state index contributed by atoms with van der Waals surface area (Å²) in [5.41, 5.74) is 2.56. The lowest BCUT2D eigenvalue weighted by molar-refractivity contribution is 0.834. The standard InChI is InChI=1S/C13H22N4/c1-14-13(15-2)16-10-9-11-5-7-12(8-6-11)17(3)4/h5-8H,9-10H2,1-4H3,(H2,14,15,16). The molecule has 94 valence electrons. The number of anilines is 1. The lowest BCUT2D eigenvalue weighted by Crippen LogP contribution is -2.35. The summed E-state index contributed by atoms with van der Waals surface area (Å²) in [6.45, 7) is 0.884. The molecule has 0 amide bonds. The fourth-order valence-electron chi connectivity index (χ4n) is 1.57. The second-order valence-corrected chi connectivity index (χ2v) is 4.06. The fraction of sp³-hybridized carbons (Fsp3) is 0.462. The van der Waals surface area contributed by atoms with Crippen molar-refractivity contribution in [2.75, 3.05) is 39.6 Å². The average Bonchev–Trinajstić information content (AvgIpc) is 2.35. The maximum absolute atomic E-state index is 4.06. The highest BCUT2D eigenvalue weighted by molar-refractivity contribution is 5.79. The van der Waals surface area contributed by atoms with Crippen LogP contribution in [-0.4, -0.2) is 40.7 Å². The highest BCUT2D eigenvalue weighted by atomic mass is 15.1. The first-order chi connectivity index (χ1) is 8.17. The molecule has 0 aliphatic heterocycles. The van der Waals surface area contributed by atoms with Gasteiger partial charge in [0.25, 0.3) is 0 Å². The summed E-state index contributed by atoms with van der Waals surface area (Å²) in [7, 11) is 7.73. The maximum atomic E-state index is 4.06. The number of benzene rings is 1. The number of hydrogen-bond donors (Lipinski definition) is 2. The van der Waals surface area contributed by atoms with Gasteiger partial charge in [0, 0.05) is 40.4 Å². The Kier molecular flexibility index (Phi) is 5.33. The van der Waals surface area contributed by atoms with E-state index in [-0.39, 0.29) is 0 Å². The van der Waals surface area contributed by atoms with Crippen LogP contribution in [0.15, 0.2) is 29.3 Å². The van der Waals surface area contributed by atoms with Crippen LogP contribution in [0.25, 0.3) is 0 Å². The zero-order chi connectivity index (χ0) is 12.7. The van der Waals surface area contributed by atoms with E-state index in [1.807, 2.05) is 21.1 Å². The van der Waals surface area contributed by atoms with Gasteiger partial charge < -0.3 is 15.5 Å². The highest BCUT2D eigenvalue weighted by Gasteiger charge is 1.97. The van der Waals surface area contributed by atoms with Gasteiger partial charge in [0.05, 0.1) is 0 Å². The van der Waals surface area contributed by atoms with Crippen LogP contribution in [0, 0.1) is 0 Å². The molecule has 0 radical (unpaired) electrons. The van der Waals surface area contributed by atoms with Gasteiger partial charge in [-0.15, -0.1) is 0 Å². The molecule has 4 heteroatoms. The number of hydrogen-bond acceptors (Lipinski definition) is 2. The molecule has 0 unspecified atom stereocenters. The molecule has 0 saturated carbocycles. The van der Waals surface area contributed by atoms with Crippen LogP contribution in [0.4, 0.5) is 5.69 Å². The molecule has 0 saturated heterocycles. The van der Waals surface area contributed by atoms with E-state index >= 15 is 0 Å². The van der Waals surface area contributed by atoms with E-state index in [0.717, 1.165) is 18.9 Å². The van der Waals surface area contributed by atoms with Crippen molar-refractivity contribution < 1.29 is 0 Å². The number of rotatable bonds is 4. The number of nitrogens with zero attached hydrogens (tertiary/aromatic N) is 2. The van der Waals surface area contributed by atoms with Crippen molar-refractivity contribution in [2.24, 2.45) is 4.99 Å². The van der Waals surface area contributed by atoms with Crippen LogP contribution in [0.1, 0.15) is 5.56 Å². The molecule has 0 fully saturated rings. The van der Waals surface area contributed by atoms with Gasteiger partial charge in [0.2, 0.25) is 0 Å². The third-order valence-corrected chi connectivity index (χ3v) is 2.62. The molecule has 0 aromatic heterocycles. The van der Waals surface area contributed by atoms with Gasteiger partial charge in [0.15, 0.2) is 5.96 Å². The monoisotopic (exact) mass is 234 g/mol. The highest BCUT2D eigenvalue weighted by Crippen LogP contribution is 2.12. The Labute approximate surface area is 104 Å². The lowest BCUT2D eigenvalue weighted by Gasteiger charge is -2.13. The molecule has 1 rings (SSSR count). The van der Waals surface area contributed by atoms with Gasteiger partial charge in [-0.1, -0.05) is 12.1 Å². The van der Waals surface area contributed by atoms with Crippen LogP contribution in [-0.2, 0) is 6.42 Å². The largest absolute Gasteiger partial charge is 0.378 e. The third-order valence-electron chi connectivity index (χ3n) is 2.62. The first kappa shape index (κ1) is 13.4. The summed E-state index contributed by atoms with van der Waals surface area (Å²) < 4.78 is 0. The molecule has 4 nitrogen and oxygen atoms in total. The summed E-state index contributed by atoms with van der Waals surface area (Å²) in [5.74, 6) is 0.829. The van der Waals surface area contributed by atoms with Crippen molar-refractivity contribution in [1.82, 2.24) is 10.6 Å². The second kappa shape index (κ2) is 6.78. The molecule has 0 spiro atoms. The number of guanidine groups is 1. The summed E-state index contributed by atoms with van der Waals surface area (Å²) in [6, 6.07) is 8.61. The van der Waals surface area contributed by atoms with Crippen LogP contribution in [0.2, 0.25) is 0 Å². The summed E-state index contributed by atoms with van der Waals surface area (Å²) >= 11 is 0. The fourth-order valence-corrected chi connectivity index (χ4v) is 1.57. The second-order valence-electron chi connectivity index (χ2n) is 4.06. The van der Waals surface area contributed by atoms with Crippen LogP contribution < -0.4 is 15.5 Å². The molecule has 0 heterocycles. The third kappa shape index (κ3) is 4.34. The molecule has 0 atom stereocenters. The Balaban J connectivity index is 2.42. The van der Waals surface area contributed by atoms with Gasteiger partial charge in [-0.2, -0.15) is 0 Å². The SMILES string of the molecule is CN=C(NC)NCCc1ccc(N(C)C)cc1. The van der Waals surface area contributed by atoms with Crippen molar-refractivity contribution in [3.05, 3.63) is 29.8 Å². The minimum Gasteiger partial charge on any atom is -0.378 e. The summed E-state index contributed by atoms with van der Waals surface area (Å²) in [5, 5.41) is 6.23. The normalized spacial score (nSPS) is 11.2. The predicted molar refractivity (Wildman–Crippen MR) is 74.9 cm³/mol. The van der Waals surface area contributed by atoms with Gasteiger partial charge in [-0.05, 0) is 24.1 Å². The molecule has 1 aromatic carbocycles. The Morgan fingerprint density at radius 1 is 1.24 bits per heavy atom. The van der Waals surface area contributed by atoms with Gasteiger partial charge >= 0.3 is 0 Å². The molecule has 1 aromatic rings. The van der Waals surface area contributed by atoms with Crippen molar-refractivity contribution in [3.8, 4) is 0 Å². The van der Waals surface area contributed by atoms with Crippen LogP contribution >= 0.6 is 0 Å². The average molecular weight is 234 g/mol. The first-order valence-corrected chi connectivity index (χ1v) is 5.82. The molecule has 0 aliphatic carbocycles. The van der Waals surface area contributed by atoms with Crippen molar-refractivity contribution in [3.63, 3.8) is 0 Å². The molecular weight excluding hydrogens is 212 g/mol. The Bertz CT molecular complexity index is 354. The Morgan fingerprint density at radius 2 is 1.88 bits per heavy atom.